The molecule has 27 heavy (non-hydrogen) atoms. The summed E-state index contributed by atoms with van der Waals surface area (Å²) < 4.78 is 11.9. The minimum absolute atomic E-state index is 0.421. The van der Waals surface area contributed by atoms with Crippen molar-refractivity contribution in [3.63, 3.8) is 0 Å². The van der Waals surface area contributed by atoms with Gasteiger partial charge in [0.05, 0.1) is 5.69 Å². The topological polar surface area (TPSA) is 30.8 Å². The molecule has 0 radical (unpaired) electrons. The zero-order valence-electron chi connectivity index (χ0n) is 14.8. The van der Waals surface area contributed by atoms with Gasteiger partial charge in [0, 0.05) is 10.9 Å². The summed E-state index contributed by atoms with van der Waals surface area (Å²) in [6, 6.07) is 25.2. The molecule has 0 saturated heterocycles. The molecule has 0 N–H and O–H groups in total. The molecule has 3 nitrogen and oxygen atoms in total. The van der Waals surface area contributed by atoms with Crippen LogP contribution in [0.1, 0.15) is 18.4 Å². The number of rotatable bonds is 6. The molecule has 4 rings (SSSR count). The van der Waals surface area contributed by atoms with Crippen LogP contribution in [0.5, 0.6) is 11.5 Å². The van der Waals surface area contributed by atoms with Gasteiger partial charge in [0.1, 0.15) is 18.1 Å². The largest absolute Gasteiger partial charge is 0.476 e. The van der Waals surface area contributed by atoms with E-state index < -0.39 is 0 Å². The molecule has 1 saturated carbocycles. The smallest absolute Gasteiger partial charge is 0.191 e. The van der Waals surface area contributed by atoms with Gasteiger partial charge in [0.25, 0.3) is 0 Å². The molecule has 3 aromatic carbocycles. The molecule has 0 bridgehead atoms. The normalized spacial score (nSPS) is 14.0. The van der Waals surface area contributed by atoms with E-state index in [9.17, 15) is 0 Å². The molecule has 0 spiro atoms. The van der Waals surface area contributed by atoms with Crippen molar-refractivity contribution >= 4 is 23.2 Å². The van der Waals surface area contributed by atoms with E-state index in [2.05, 4.69) is 4.99 Å². The van der Waals surface area contributed by atoms with Crippen LogP contribution in [0.4, 0.5) is 5.69 Å². The van der Waals surface area contributed by atoms with Gasteiger partial charge in [-0.05, 0) is 66.9 Å². The summed E-state index contributed by atoms with van der Waals surface area (Å²) >= 11 is 5.95. The Hall–Kier alpha value is -2.78. The summed E-state index contributed by atoms with van der Waals surface area (Å²) in [6.07, 6.45) is 2.26. The fourth-order valence-electron chi connectivity index (χ4n) is 2.70. The number of ether oxygens (including phenoxy) is 2. The Kier molecular flexibility index (Phi) is 5.40. The number of benzene rings is 3. The van der Waals surface area contributed by atoms with E-state index in [1.54, 1.807) is 0 Å². The Morgan fingerprint density at radius 2 is 1.63 bits per heavy atom. The molecule has 0 atom stereocenters. The lowest BCUT2D eigenvalue weighted by molar-refractivity contribution is 0.280. The molecule has 0 aromatic heterocycles. The monoisotopic (exact) mass is 377 g/mol. The molecule has 1 aliphatic rings. The van der Waals surface area contributed by atoms with Crippen LogP contribution in [0.25, 0.3) is 0 Å². The highest BCUT2D eigenvalue weighted by atomic mass is 35.5. The van der Waals surface area contributed by atoms with Gasteiger partial charge in [0.15, 0.2) is 5.90 Å². The third-order valence-corrected chi connectivity index (χ3v) is 4.51. The molecule has 3 aromatic rings. The van der Waals surface area contributed by atoms with Crippen molar-refractivity contribution in [3.05, 3.63) is 89.4 Å². The van der Waals surface area contributed by atoms with E-state index in [0.717, 1.165) is 41.5 Å². The van der Waals surface area contributed by atoms with E-state index >= 15 is 0 Å². The first-order valence-electron chi connectivity index (χ1n) is 9.05. The summed E-state index contributed by atoms with van der Waals surface area (Å²) in [5, 5.41) is 0.707. The maximum absolute atomic E-state index is 6.05. The van der Waals surface area contributed by atoms with Crippen molar-refractivity contribution in [2.45, 2.75) is 19.4 Å². The van der Waals surface area contributed by atoms with Crippen molar-refractivity contribution in [2.24, 2.45) is 10.9 Å². The van der Waals surface area contributed by atoms with Crippen LogP contribution in [0.3, 0.4) is 0 Å². The van der Waals surface area contributed by atoms with Crippen molar-refractivity contribution in [3.8, 4) is 11.5 Å². The van der Waals surface area contributed by atoms with Gasteiger partial charge in [-0.3, -0.25) is 0 Å². The maximum Gasteiger partial charge on any atom is 0.191 e. The van der Waals surface area contributed by atoms with Crippen LogP contribution in [0, 0.1) is 5.92 Å². The van der Waals surface area contributed by atoms with Crippen molar-refractivity contribution in [2.75, 3.05) is 0 Å². The van der Waals surface area contributed by atoms with E-state index in [1.165, 1.54) is 0 Å². The van der Waals surface area contributed by atoms with E-state index in [1.807, 2.05) is 78.9 Å². The van der Waals surface area contributed by atoms with Crippen LogP contribution in [0.15, 0.2) is 83.9 Å². The number of hydrogen-bond donors (Lipinski definition) is 0. The molecule has 136 valence electrons. The molecule has 0 aliphatic heterocycles. The predicted octanol–water partition coefficient (Wildman–Crippen LogP) is 6.79. The first-order chi connectivity index (χ1) is 13.3. The second-order valence-corrected chi connectivity index (χ2v) is 6.99. The third kappa shape index (κ3) is 5.11. The lowest BCUT2D eigenvalue weighted by Crippen LogP contribution is -2.07. The molecule has 0 unspecified atom stereocenters. The second kappa shape index (κ2) is 8.28. The minimum Gasteiger partial charge on any atom is -0.476 e. The zero-order valence-corrected chi connectivity index (χ0v) is 15.6. The Morgan fingerprint density at radius 1 is 0.889 bits per heavy atom. The quantitative estimate of drug-likeness (QED) is 0.349. The first-order valence-corrected chi connectivity index (χ1v) is 9.43. The summed E-state index contributed by atoms with van der Waals surface area (Å²) in [4.78, 5) is 4.67. The number of hydrogen-bond acceptors (Lipinski definition) is 3. The average Bonchev–Trinajstić information content (AvgIpc) is 3.53. The zero-order chi connectivity index (χ0) is 18.5. The SMILES string of the molecule is Clc1ccc(N=C(OCc2cccc(Oc3ccccc3)c2)C2CC2)cc1. The Balaban J connectivity index is 1.43. The standard InChI is InChI=1S/C23H20ClNO2/c24-19-11-13-20(14-12-19)25-23(18-9-10-18)26-16-17-5-4-8-22(15-17)27-21-6-2-1-3-7-21/h1-8,11-15,18H,9-10,16H2. The van der Waals surface area contributed by atoms with Gasteiger partial charge in [-0.2, -0.15) is 0 Å². The molecular weight excluding hydrogens is 358 g/mol. The van der Waals surface area contributed by atoms with Crippen LogP contribution in [-0.2, 0) is 11.3 Å². The van der Waals surface area contributed by atoms with Gasteiger partial charge in [-0.1, -0.05) is 41.9 Å². The van der Waals surface area contributed by atoms with Crippen LogP contribution < -0.4 is 4.74 Å². The second-order valence-electron chi connectivity index (χ2n) is 6.55. The molecule has 1 aliphatic carbocycles. The summed E-state index contributed by atoms with van der Waals surface area (Å²) in [7, 11) is 0. The summed E-state index contributed by atoms with van der Waals surface area (Å²) in [5.41, 5.74) is 1.91. The fraction of sp³-hybridized carbons (Fsp3) is 0.174. The molecule has 1 fully saturated rings. The minimum atomic E-state index is 0.421. The van der Waals surface area contributed by atoms with Gasteiger partial charge >= 0.3 is 0 Å². The molecular formula is C23H20ClNO2. The molecule has 4 heteroatoms. The third-order valence-electron chi connectivity index (χ3n) is 4.26. The highest BCUT2D eigenvalue weighted by Gasteiger charge is 2.29. The number of nitrogens with zero attached hydrogens (tertiary/aromatic N) is 1. The lowest BCUT2D eigenvalue weighted by Gasteiger charge is -2.11. The Morgan fingerprint density at radius 3 is 2.37 bits per heavy atom. The Labute approximate surface area is 164 Å². The van der Waals surface area contributed by atoms with Gasteiger partial charge in [-0.25, -0.2) is 4.99 Å². The number of aliphatic imine (C=N–C) groups is 1. The Bertz CT molecular complexity index is 919. The van der Waals surface area contributed by atoms with E-state index in [4.69, 9.17) is 21.1 Å². The lowest BCUT2D eigenvalue weighted by atomic mass is 10.2. The maximum atomic E-state index is 6.05. The van der Waals surface area contributed by atoms with Gasteiger partial charge < -0.3 is 9.47 Å². The van der Waals surface area contributed by atoms with Crippen LogP contribution in [-0.4, -0.2) is 5.90 Å². The van der Waals surface area contributed by atoms with Crippen LogP contribution in [0.2, 0.25) is 5.02 Å². The van der Waals surface area contributed by atoms with Crippen LogP contribution >= 0.6 is 11.6 Å². The fourth-order valence-corrected chi connectivity index (χ4v) is 2.82. The van der Waals surface area contributed by atoms with Crippen molar-refractivity contribution in [1.29, 1.82) is 0 Å². The first kappa shape index (κ1) is 17.6. The molecule has 0 amide bonds. The highest BCUT2D eigenvalue weighted by molar-refractivity contribution is 6.30. The summed E-state index contributed by atoms with van der Waals surface area (Å²) in [5.74, 6) is 2.83. The highest BCUT2D eigenvalue weighted by Crippen LogP contribution is 2.33. The van der Waals surface area contributed by atoms with E-state index in [0.29, 0.717) is 17.5 Å². The van der Waals surface area contributed by atoms with Gasteiger partial charge in [0.2, 0.25) is 0 Å². The molecule has 0 heterocycles. The van der Waals surface area contributed by atoms with Gasteiger partial charge in [-0.15, -0.1) is 0 Å². The number of para-hydroxylation sites is 1. The average molecular weight is 378 g/mol. The van der Waals surface area contributed by atoms with E-state index in [-0.39, 0.29) is 0 Å². The number of halogens is 1. The summed E-state index contributed by atoms with van der Waals surface area (Å²) in [6.45, 7) is 0.467. The predicted molar refractivity (Wildman–Crippen MR) is 109 cm³/mol. The van der Waals surface area contributed by atoms with Crippen molar-refractivity contribution < 1.29 is 9.47 Å². The van der Waals surface area contributed by atoms with Crippen molar-refractivity contribution in [1.82, 2.24) is 0 Å².